The number of imidazole rings is 1. The highest BCUT2D eigenvalue weighted by atomic mass is 16.3. The molecule has 0 aliphatic rings. The van der Waals surface area contributed by atoms with E-state index in [9.17, 15) is 5.11 Å². The molecule has 0 aliphatic heterocycles. The number of rotatable bonds is 8. The minimum atomic E-state index is -0.874. The number of benzene rings is 2. The van der Waals surface area contributed by atoms with Gasteiger partial charge >= 0.3 is 0 Å². The van der Waals surface area contributed by atoms with Crippen molar-refractivity contribution >= 4 is 27.8 Å². The SMILES string of the molecule is CCCCc1nc2c(N)nc3cc(C(C)c4cccc(CN)c4)ccc3c2n1CC(C)(C)O. The van der Waals surface area contributed by atoms with Gasteiger partial charge in [0.05, 0.1) is 23.2 Å². The Morgan fingerprint density at radius 3 is 2.55 bits per heavy atom. The van der Waals surface area contributed by atoms with Crippen LogP contribution in [-0.4, -0.2) is 25.2 Å². The summed E-state index contributed by atoms with van der Waals surface area (Å²) in [6, 6.07) is 14.8. The Morgan fingerprint density at radius 2 is 1.85 bits per heavy atom. The average molecular weight is 446 g/mol. The molecule has 2 heterocycles. The van der Waals surface area contributed by atoms with Crippen LogP contribution in [-0.2, 0) is 19.5 Å². The quantitative estimate of drug-likeness (QED) is 0.358. The average Bonchev–Trinajstić information content (AvgIpc) is 3.14. The lowest BCUT2D eigenvalue weighted by Gasteiger charge is -2.21. The molecule has 0 radical (unpaired) electrons. The Kier molecular flexibility index (Phi) is 6.41. The first-order valence-corrected chi connectivity index (χ1v) is 11.8. The summed E-state index contributed by atoms with van der Waals surface area (Å²) in [5.74, 6) is 1.58. The third kappa shape index (κ3) is 4.72. The van der Waals surface area contributed by atoms with Crippen LogP contribution in [0.2, 0.25) is 0 Å². The molecule has 4 aromatic rings. The van der Waals surface area contributed by atoms with Gasteiger partial charge in [-0.05, 0) is 43.0 Å². The van der Waals surface area contributed by atoms with Crippen molar-refractivity contribution < 1.29 is 5.11 Å². The lowest BCUT2D eigenvalue weighted by Crippen LogP contribution is -2.27. The van der Waals surface area contributed by atoms with Crippen LogP contribution in [0, 0.1) is 0 Å². The Labute approximate surface area is 195 Å². The number of aryl methyl sites for hydroxylation is 1. The van der Waals surface area contributed by atoms with Gasteiger partial charge in [-0.25, -0.2) is 9.97 Å². The van der Waals surface area contributed by atoms with Gasteiger partial charge < -0.3 is 21.1 Å². The smallest absolute Gasteiger partial charge is 0.152 e. The van der Waals surface area contributed by atoms with Gasteiger partial charge in [-0.2, -0.15) is 0 Å². The summed E-state index contributed by atoms with van der Waals surface area (Å²) in [4.78, 5) is 9.59. The fourth-order valence-corrected chi connectivity index (χ4v) is 4.51. The van der Waals surface area contributed by atoms with E-state index in [1.54, 1.807) is 0 Å². The highest BCUT2D eigenvalue weighted by Gasteiger charge is 2.22. The largest absolute Gasteiger partial charge is 0.389 e. The van der Waals surface area contributed by atoms with E-state index in [-0.39, 0.29) is 5.92 Å². The van der Waals surface area contributed by atoms with E-state index < -0.39 is 5.60 Å². The summed E-state index contributed by atoms with van der Waals surface area (Å²) in [5.41, 5.74) is 17.4. The van der Waals surface area contributed by atoms with Crippen molar-refractivity contribution in [2.75, 3.05) is 5.73 Å². The minimum Gasteiger partial charge on any atom is -0.389 e. The Hall–Kier alpha value is -2.96. The first kappa shape index (κ1) is 23.2. The molecule has 174 valence electrons. The second-order valence-electron chi connectivity index (χ2n) is 9.67. The zero-order valence-corrected chi connectivity index (χ0v) is 20.1. The third-order valence-electron chi connectivity index (χ3n) is 6.29. The van der Waals surface area contributed by atoms with E-state index in [4.69, 9.17) is 21.4 Å². The molecule has 0 fully saturated rings. The molecule has 0 amide bonds. The van der Waals surface area contributed by atoms with E-state index >= 15 is 0 Å². The van der Waals surface area contributed by atoms with Crippen molar-refractivity contribution in [3.63, 3.8) is 0 Å². The molecule has 6 nitrogen and oxygen atoms in total. The summed E-state index contributed by atoms with van der Waals surface area (Å²) in [7, 11) is 0. The fourth-order valence-electron chi connectivity index (χ4n) is 4.51. The van der Waals surface area contributed by atoms with Crippen molar-refractivity contribution in [2.45, 2.75) is 71.6 Å². The second-order valence-corrected chi connectivity index (χ2v) is 9.67. The molecule has 1 atom stereocenters. The number of anilines is 1. The maximum atomic E-state index is 10.6. The standard InChI is InChI=1S/C27H35N5O/c1-5-6-10-23-31-24-25(32(23)16-27(3,4)33)21-12-11-20(14-22(21)30-26(24)29)17(2)19-9-7-8-18(13-19)15-28/h7-9,11-14,17,33H,5-6,10,15-16,28H2,1-4H3,(H2,29,30). The lowest BCUT2D eigenvalue weighted by molar-refractivity contribution is 0.0618. The Bertz CT molecular complexity index is 1290. The molecule has 5 N–H and O–H groups in total. The predicted octanol–water partition coefficient (Wildman–Crippen LogP) is 4.89. The van der Waals surface area contributed by atoms with Gasteiger partial charge in [-0.15, -0.1) is 0 Å². The van der Waals surface area contributed by atoms with Crippen LogP contribution in [0.25, 0.3) is 21.9 Å². The molecule has 4 rings (SSSR count). The van der Waals surface area contributed by atoms with Gasteiger partial charge in [0.15, 0.2) is 5.82 Å². The summed E-state index contributed by atoms with van der Waals surface area (Å²) in [5, 5.41) is 11.6. The molecular formula is C27H35N5O. The summed E-state index contributed by atoms with van der Waals surface area (Å²) < 4.78 is 2.14. The van der Waals surface area contributed by atoms with Crippen molar-refractivity contribution in [3.8, 4) is 0 Å². The topological polar surface area (TPSA) is 103 Å². The maximum absolute atomic E-state index is 10.6. The first-order chi connectivity index (χ1) is 15.7. The number of nitrogens with two attached hydrogens (primary N) is 2. The number of pyridine rings is 1. The van der Waals surface area contributed by atoms with Crippen LogP contribution in [0.1, 0.15) is 69.0 Å². The first-order valence-electron chi connectivity index (χ1n) is 11.8. The van der Waals surface area contributed by atoms with Crippen molar-refractivity contribution in [3.05, 3.63) is 65.0 Å². The number of aliphatic hydroxyl groups is 1. The van der Waals surface area contributed by atoms with Crippen molar-refractivity contribution in [2.24, 2.45) is 5.73 Å². The molecule has 0 bridgehead atoms. The summed E-state index contributed by atoms with van der Waals surface area (Å²) >= 11 is 0. The van der Waals surface area contributed by atoms with Crippen LogP contribution in [0.15, 0.2) is 42.5 Å². The van der Waals surface area contributed by atoms with Gasteiger partial charge in [0, 0.05) is 24.3 Å². The molecule has 0 spiro atoms. The number of fused-ring (bicyclic) bond motifs is 3. The molecule has 0 aliphatic carbocycles. The zero-order valence-electron chi connectivity index (χ0n) is 20.1. The van der Waals surface area contributed by atoms with Crippen molar-refractivity contribution in [1.29, 1.82) is 0 Å². The predicted molar refractivity (Wildman–Crippen MR) is 136 cm³/mol. The van der Waals surface area contributed by atoms with E-state index in [1.165, 1.54) is 11.1 Å². The maximum Gasteiger partial charge on any atom is 0.152 e. The van der Waals surface area contributed by atoms with Gasteiger partial charge in [0.1, 0.15) is 11.3 Å². The van der Waals surface area contributed by atoms with E-state index in [0.717, 1.165) is 47.1 Å². The second kappa shape index (κ2) is 9.12. The van der Waals surface area contributed by atoms with Crippen LogP contribution in [0.3, 0.4) is 0 Å². The van der Waals surface area contributed by atoms with Crippen LogP contribution in [0.5, 0.6) is 0 Å². The van der Waals surface area contributed by atoms with Gasteiger partial charge in [-0.3, -0.25) is 0 Å². The molecule has 33 heavy (non-hydrogen) atoms. The van der Waals surface area contributed by atoms with Crippen LogP contribution in [0.4, 0.5) is 5.82 Å². The van der Waals surface area contributed by atoms with Crippen molar-refractivity contribution in [1.82, 2.24) is 14.5 Å². The molecular weight excluding hydrogens is 410 g/mol. The number of hydrogen-bond acceptors (Lipinski definition) is 5. The molecule has 2 aromatic heterocycles. The van der Waals surface area contributed by atoms with E-state index in [2.05, 4.69) is 60.9 Å². The normalized spacial score (nSPS) is 13.2. The Balaban J connectivity index is 1.87. The van der Waals surface area contributed by atoms with Crippen LogP contribution < -0.4 is 11.5 Å². The number of hydrogen-bond donors (Lipinski definition) is 3. The fraction of sp³-hybridized carbons (Fsp3) is 0.407. The number of nitrogens with zero attached hydrogens (tertiary/aromatic N) is 3. The molecule has 1 unspecified atom stereocenters. The van der Waals surface area contributed by atoms with Gasteiger partial charge in [-0.1, -0.05) is 56.7 Å². The van der Waals surface area contributed by atoms with Crippen LogP contribution >= 0.6 is 0 Å². The van der Waals surface area contributed by atoms with E-state index in [0.29, 0.717) is 24.4 Å². The lowest BCUT2D eigenvalue weighted by atomic mass is 9.91. The number of nitrogen functional groups attached to an aromatic ring is 1. The highest BCUT2D eigenvalue weighted by Crippen LogP contribution is 2.33. The number of unbranched alkanes of at least 4 members (excludes halogenated alkanes) is 1. The minimum absolute atomic E-state index is 0.195. The number of aromatic nitrogens is 3. The highest BCUT2D eigenvalue weighted by molar-refractivity contribution is 6.06. The molecule has 0 saturated heterocycles. The monoisotopic (exact) mass is 445 g/mol. The van der Waals surface area contributed by atoms with E-state index in [1.807, 2.05) is 13.8 Å². The van der Waals surface area contributed by atoms with Gasteiger partial charge in [0.2, 0.25) is 0 Å². The molecule has 0 saturated carbocycles. The Morgan fingerprint density at radius 1 is 1.09 bits per heavy atom. The summed E-state index contributed by atoms with van der Waals surface area (Å²) in [6.07, 6.45) is 2.95. The van der Waals surface area contributed by atoms with Gasteiger partial charge in [0.25, 0.3) is 0 Å². The zero-order chi connectivity index (χ0) is 23.8. The molecule has 2 aromatic carbocycles. The summed E-state index contributed by atoms with van der Waals surface area (Å²) in [6.45, 7) is 8.99. The third-order valence-corrected chi connectivity index (χ3v) is 6.29. The molecule has 6 heteroatoms.